The number of imidazole rings is 1. The molecular weight excluding hydrogens is 374 g/mol. The third-order valence-corrected chi connectivity index (χ3v) is 7.34. The van der Waals surface area contributed by atoms with Gasteiger partial charge in [0.15, 0.2) is 0 Å². The highest BCUT2D eigenvalue weighted by molar-refractivity contribution is 7.99. The SMILES string of the molecule is CCSc1c2sc(C3=C(C(=O)[O-])N4C(=O)[C@H]([C@@H](C)O)[C@H]4C3)cn2c[n+]1C. The maximum absolute atomic E-state index is 12.3. The van der Waals surface area contributed by atoms with Gasteiger partial charge in [0.1, 0.15) is 6.20 Å². The van der Waals surface area contributed by atoms with Crippen LogP contribution in [0.5, 0.6) is 0 Å². The average molecular weight is 393 g/mol. The maximum Gasteiger partial charge on any atom is 0.250 e. The van der Waals surface area contributed by atoms with Crippen molar-refractivity contribution in [2.45, 2.75) is 37.4 Å². The summed E-state index contributed by atoms with van der Waals surface area (Å²) < 4.78 is 4.04. The summed E-state index contributed by atoms with van der Waals surface area (Å²) >= 11 is 3.25. The van der Waals surface area contributed by atoms with Gasteiger partial charge in [-0.1, -0.05) is 30.0 Å². The molecule has 7 nitrogen and oxygen atoms in total. The van der Waals surface area contributed by atoms with Gasteiger partial charge in [0.25, 0.3) is 0 Å². The van der Waals surface area contributed by atoms with Gasteiger partial charge in [-0.3, -0.25) is 4.79 Å². The molecule has 1 N–H and O–H groups in total. The van der Waals surface area contributed by atoms with Crippen LogP contribution in [0.15, 0.2) is 23.2 Å². The Labute approximate surface area is 158 Å². The quantitative estimate of drug-likeness (QED) is 0.439. The van der Waals surface area contributed by atoms with Crippen molar-refractivity contribution < 1.29 is 24.4 Å². The summed E-state index contributed by atoms with van der Waals surface area (Å²) in [5.41, 5.74) is 0.575. The van der Waals surface area contributed by atoms with E-state index in [0.29, 0.717) is 12.0 Å². The fourth-order valence-corrected chi connectivity index (χ4v) is 6.09. The zero-order valence-corrected chi connectivity index (χ0v) is 16.3. The number of amides is 1. The zero-order chi connectivity index (χ0) is 18.7. The molecule has 9 heteroatoms. The third kappa shape index (κ3) is 2.34. The van der Waals surface area contributed by atoms with Gasteiger partial charge >= 0.3 is 0 Å². The van der Waals surface area contributed by atoms with E-state index in [1.54, 1.807) is 18.7 Å². The van der Waals surface area contributed by atoms with Gasteiger partial charge in [-0.15, -0.1) is 0 Å². The van der Waals surface area contributed by atoms with E-state index in [4.69, 9.17) is 0 Å². The monoisotopic (exact) mass is 393 g/mol. The molecule has 0 bridgehead atoms. The molecule has 2 aliphatic rings. The molecule has 1 fully saturated rings. The number of aliphatic carboxylic acids is 1. The van der Waals surface area contributed by atoms with E-state index >= 15 is 0 Å². The van der Waals surface area contributed by atoms with Gasteiger partial charge in [0, 0.05) is 5.57 Å². The summed E-state index contributed by atoms with van der Waals surface area (Å²) in [6, 6.07) is -0.299. The number of hydrogen-bond acceptors (Lipinski definition) is 6. The predicted molar refractivity (Wildman–Crippen MR) is 95.2 cm³/mol. The van der Waals surface area contributed by atoms with Crippen LogP contribution in [-0.4, -0.2) is 44.2 Å². The van der Waals surface area contributed by atoms with Crippen LogP contribution >= 0.6 is 23.1 Å². The number of aromatic nitrogens is 2. The van der Waals surface area contributed by atoms with E-state index in [1.807, 2.05) is 28.5 Å². The minimum absolute atomic E-state index is 0.0459. The number of fused-ring (bicyclic) bond motifs is 2. The molecule has 0 saturated carbocycles. The average Bonchev–Trinajstić information content (AvgIpc) is 3.18. The number of thioether (sulfide) groups is 1. The standard InChI is InChI=1S/C17H19N3O4S2/c1-4-25-15-16-19(7-18(15)3)6-11(26-16)9-5-10-12(8(2)21)14(22)20(10)13(9)17(23)24/h6-8,10,12,21H,4-5H2,1-3H3/t8-,10-,12-/m1/s1. The van der Waals surface area contributed by atoms with Crippen LogP contribution in [0.4, 0.5) is 0 Å². The van der Waals surface area contributed by atoms with E-state index in [-0.39, 0.29) is 17.6 Å². The van der Waals surface area contributed by atoms with Crippen molar-refractivity contribution in [2.24, 2.45) is 13.0 Å². The number of carboxylic acid groups (broad SMARTS) is 1. The number of aryl methyl sites for hydroxylation is 1. The van der Waals surface area contributed by atoms with E-state index in [9.17, 15) is 19.8 Å². The van der Waals surface area contributed by atoms with Crippen LogP contribution in [0, 0.1) is 5.92 Å². The first kappa shape index (κ1) is 17.6. The van der Waals surface area contributed by atoms with Gasteiger partial charge < -0.3 is 19.9 Å². The van der Waals surface area contributed by atoms with E-state index in [2.05, 4.69) is 6.92 Å². The molecule has 1 amide bonds. The number of carbonyl (C=O) groups excluding carboxylic acids is 2. The number of β-lactam (4-membered cyclic amide) rings is 1. The van der Waals surface area contributed by atoms with E-state index in [1.165, 1.54) is 16.2 Å². The van der Waals surface area contributed by atoms with E-state index in [0.717, 1.165) is 20.5 Å². The lowest BCUT2D eigenvalue weighted by Gasteiger charge is -2.45. The normalized spacial score (nSPS) is 23.5. The lowest BCUT2D eigenvalue weighted by Crippen LogP contribution is -2.62. The summed E-state index contributed by atoms with van der Waals surface area (Å²) in [6.07, 6.45) is 3.50. The Morgan fingerprint density at radius 1 is 1.58 bits per heavy atom. The molecule has 138 valence electrons. The van der Waals surface area contributed by atoms with Crippen molar-refractivity contribution in [1.29, 1.82) is 0 Å². The highest BCUT2D eigenvalue weighted by Crippen LogP contribution is 2.48. The molecule has 2 aliphatic heterocycles. The first-order valence-electron chi connectivity index (χ1n) is 8.44. The van der Waals surface area contributed by atoms with E-state index < -0.39 is 18.0 Å². The highest BCUT2D eigenvalue weighted by atomic mass is 32.2. The van der Waals surface area contributed by atoms with Crippen molar-refractivity contribution in [3.05, 3.63) is 23.1 Å². The second kappa shape index (κ2) is 6.11. The number of rotatable bonds is 5. The van der Waals surface area contributed by atoms with Gasteiger partial charge in [-0.25, -0.2) is 4.57 Å². The first-order chi connectivity index (χ1) is 12.3. The molecule has 0 aliphatic carbocycles. The molecule has 4 rings (SSSR count). The molecule has 2 aromatic rings. The van der Waals surface area contributed by atoms with Gasteiger partial charge in [0.2, 0.25) is 22.1 Å². The Balaban J connectivity index is 1.79. The smallest absolute Gasteiger partial charge is 0.250 e. The minimum atomic E-state index is -1.34. The zero-order valence-electron chi connectivity index (χ0n) is 14.6. The number of hydrogen-bond donors (Lipinski definition) is 1. The van der Waals surface area contributed by atoms with Crippen LogP contribution in [0.25, 0.3) is 10.4 Å². The second-order valence-corrected chi connectivity index (χ2v) is 8.92. The van der Waals surface area contributed by atoms with Crippen molar-refractivity contribution >= 4 is 45.4 Å². The Bertz CT molecular complexity index is 959. The third-order valence-electron chi connectivity index (χ3n) is 5.00. The number of aliphatic hydroxyl groups excluding tert-OH is 1. The molecule has 4 heterocycles. The molecule has 26 heavy (non-hydrogen) atoms. The van der Waals surface area contributed by atoms with Crippen molar-refractivity contribution in [2.75, 3.05) is 5.75 Å². The molecule has 2 aromatic heterocycles. The molecule has 3 atom stereocenters. The summed E-state index contributed by atoms with van der Waals surface area (Å²) in [4.78, 5) is 27.2. The molecule has 0 aromatic carbocycles. The van der Waals surface area contributed by atoms with Crippen LogP contribution in [0.3, 0.4) is 0 Å². The summed E-state index contributed by atoms with van der Waals surface area (Å²) in [7, 11) is 1.98. The van der Waals surface area contributed by atoms with Gasteiger partial charge in [-0.2, -0.15) is 4.40 Å². The highest BCUT2D eigenvalue weighted by Gasteiger charge is 2.55. The Morgan fingerprint density at radius 2 is 2.31 bits per heavy atom. The topological polar surface area (TPSA) is 89.0 Å². The summed E-state index contributed by atoms with van der Waals surface area (Å²) in [6.45, 7) is 3.66. The number of carboxylic acids is 1. The molecule has 1 saturated heterocycles. The summed E-state index contributed by atoms with van der Waals surface area (Å²) in [5.74, 6) is -1.28. The van der Waals surface area contributed by atoms with Crippen molar-refractivity contribution in [3.8, 4) is 0 Å². The molecule has 0 radical (unpaired) electrons. The van der Waals surface area contributed by atoms with Gasteiger partial charge in [-0.05, 0) is 19.1 Å². The number of nitrogens with zero attached hydrogens (tertiary/aromatic N) is 3. The number of carbonyl (C=O) groups is 2. The maximum atomic E-state index is 12.3. The fraction of sp³-hybridized carbons (Fsp3) is 0.471. The number of aliphatic hydroxyl groups is 1. The van der Waals surface area contributed by atoms with Crippen LogP contribution in [0.1, 0.15) is 25.1 Å². The molecule has 0 unspecified atom stereocenters. The van der Waals surface area contributed by atoms with Crippen LogP contribution in [0.2, 0.25) is 0 Å². The lowest BCUT2D eigenvalue weighted by molar-refractivity contribution is -0.705. The summed E-state index contributed by atoms with van der Waals surface area (Å²) in [5, 5.41) is 22.7. The Kier molecular flexibility index (Phi) is 4.13. The second-order valence-electron chi connectivity index (χ2n) is 6.63. The van der Waals surface area contributed by atoms with Crippen LogP contribution < -0.4 is 9.67 Å². The molecule has 0 spiro atoms. The first-order valence-corrected chi connectivity index (χ1v) is 10.2. The Morgan fingerprint density at radius 3 is 2.92 bits per heavy atom. The van der Waals surface area contributed by atoms with Gasteiger partial charge in [0.05, 0.1) is 41.7 Å². The predicted octanol–water partition coefficient (Wildman–Crippen LogP) is 0.00980. The fourth-order valence-electron chi connectivity index (χ4n) is 3.92. The molecular formula is C17H19N3O4S2. The largest absolute Gasteiger partial charge is 0.543 e. The van der Waals surface area contributed by atoms with Crippen LogP contribution in [-0.2, 0) is 16.6 Å². The van der Waals surface area contributed by atoms with Crippen molar-refractivity contribution in [3.63, 3.8) is 0 Å². The number of thiazole rings is 1. The lowest BCUT2D eigenvalue weighted by atomic mass is 9.83. The van der Waals surface area contributed by atoms with Crippen molar-refractivity contribution in [1.82, 2.24) is 9.30 Å². The minimum Gasteiger partial charge on any atom is -0.543 e. The Hall–Kier alpha value is -1.84.